The zero-order valence-corrected chi connectivity index (χ0v) is 26.0. The Balaban J connectivity index is 1.49. The number of sulfonamides is 1. The third-order valence-corrected chi connectivity index (χ3v) is 9.67. The van der Waals surface area contributed by atoms with Crippen LogP contribution in [0.4, 0.5) is 11.4 Å². The fourth-order valence-electron chi connectivity index (χ4n) is 5.01. The maximum Gasteiger partial charge on any atom is 0.251 e. The van der Waals surface area contributed by atoms with E-state index in [1.54, 1.807) is 30.3 Å². The molecule has 1 heterocycles. The van der Waals surface area contributed by atoms with Crippen LogP contribution in [0.5, 0.6) is 0 Å². The molecule has 2 atom stereocenters. The summed E-state index contributed by atoms with van der Waals surface area (Å²) in [7, 11) is -3.46. The van der Waals surface area contributed by atoms with E-state index in [-0.39, 0.29) is 12.3 Å². The first-order valence-electron chi connectivity index (χ1n) is 14.2. The molecule has 42 heavy (non-hydrogen) atoms. The standard InChI is InChI=1S/C31H38Cl2N4O4S/c1-2-35-26-17-24(18-27(20-26)37-14-6-7-15-42(37,40)41)31(39)36-29(16-22-8-4-3-5-9-22)30(38)21-34-13-12-23-10-11-25(32)19-28(23)33/h3-5,8-11,17-20,29-30,34-35,38H,2,6-7,12-16,21H2,1H3,(H,36,39)/t29-,30+/m0/s1. The lowest BCUT2D eigenvalue weighted by Gasteiger charge is -2.29. The summed E-state index contributed by atoms with van der Waals surface area (Å²) in [5, 5.41) is 21.9. The van der Waals surface area contributed by atoms with E-state index in [2.05, 4.69) is 16.0 Å². The van der Waals surface area contributed by atoms with Crippen LogP contribution in [0.25, 0.3) is 0 Å². The molecule has 0 bridgehead atoms. The molecule has 0 aromatic heterocycles. The number of carbonyl (C=O) groups is 1. The van der Waals surface area contributed by atoms with Gasteiger partial charge in [-0.25, -0.2) is 8.42 Å². The summed E-state index contributed by atoms with van der Waals surface area (Å²) in [6.45, 7) is 3.74. The third-order valence-electron chi connectivity index (χ3n) is 7.22. The van der Waals surface area contributed by atoms with Gasteiger partial charge in [-0.15, -0.1) is 0 Å². The minimum Gasteiger partial charge on any atom is -0.390 e. The van der Waals surface area contributed by atoms with Crippen LogP contribution in [0.15, 0.2) is 66.7 Å². The second-order valence-corrected chi connectivity index (χ2v) is 13.3. The van der Waals surface area contributed by atoms with Crippen LogP contribution in [0.1, 0.15) is 41.3 Å². The lowest BCUT2D eigenvalue weighted by molar-refractivity contribution is 0.0831. The van der Waals surface area contributed by atoms with Crippen molar-refractivity contribution >= 4 is 50.5 Å². The van der Waals surface area contributed by atoms with Crippen molar-refractivity contribution in [1.29, 1.82) is 0 Å². The Kier molecular flexibility index (Phi) is 11.5. The van der Waals surface area contributed by atoms with Crippen LogP contribution < -0.4 is 20.3 Å². The minimum absolute atomic E-state index is 0.0858. The van der Waals surface area contributed by atoms with Crippen LogP contribution in [0.2, 0.25) is 10.0 Å². The molecule has 8 nitrogen and oxygen atoms in total. The zero-order valence-electron chi connectivity index (χ0n) is 23.7. The van der Waals surface area contributed by atoms with Crippen molar-refractivity contribution in [2.45, 2.75) is 44.8 Å². The van der Waals surface area contributed by atoms with Gasteiger partial charge in [-0.3, -0.25) is 9.10 Å². The predicted molar refractivity (Wildman–Crippen MR) is 171 cm³/mol. The molecular formula is C31H38Cl2N4O4S. The summed E-state index contributed by atoms with van der Waals surface area (Å²) < 4.78 is 27.0. The summed E-state index contributed by atoms with van der Waals surface area (Å²) in [5.41, 5.74) is 3.35. The molecule has 3 aromatic carbocycles. The van der Waals surface area contributed by atoms with Crippen LogP contribution in [-0.4, -0.2) is 63.5 Å². The number of halogens is 2. The number of aliphatic hydroxyl groups excluding tert-OH is 1. The molecule has 1 amide bonds. The number of rotatable bonds is 13. The van der Waals surface area contributed by atoms with E-state index in [0.717, 1.165) is 17.5 Å². The fraction of sp³-hybridized carbons (Fsp3) is 0.387. The Morgan fingerprint density at radius 2 is 1.83 bits per heavy atom. The molecule has 4 rings (SSSR count). The Morgan fingerprint density at radius 3 is 2.55 bits per heavy atom. The Bertz CT molecular complexity index is 1460. The fourth-order valence-corrected chi connectivity index (χ4v) is 7.14. The molecule has 0 unspecified atom stereocenters. The predicted octanol–water partition coefficient (Wildman–Crippen LogP) is 4.89. The SMILES string of the molecule is CCNc1cc(C(=O)N[C@@H](Cc2ccccc2)[C@H](O)CNCCc2ccc(Cl)cc2Cl)cc(N2CCCCS2(=O)=O)c1. The number of aliphatic hydroxyl groups is 1. The first kappa shape index (κ1) is 32.1. The lowest BCUT2D eigenvalue weighted by atomic mass is 10.00. The van der Waals surface area contributed by atoms with E-state index in [1.165, 1.54) is 4.31 Å². The van der Waals surface area contributed by atoms with Crippen molar-refractivity contribution < 1.29 is 18.3 Å². The Labute approximate surface area is 258 Å². The molecule has 226 valence electrons. The van der Waals surface area contributed by atoms with E-state index in [0.29, 0.717) is 65.9 Å². The average Bonchev–Trinajstić information content (AvgIpc) is 2.96. The van der Waals surface area contributed by atoms with Crippen molar-refractivity contribution in [2.75, 3.05) is 41.6 Å². The van der Waals surface area contributed by atoms with Gasteiger partial charge in [0.2, 0.25) is 10.0 Å². The number of anilines is 2. The molecule has 3 aromatic rings. The van der Waals surface area contributed by atoms with Gasteiger partial charge < -0.3 is 21.1 Å². The molecule has 1 fully saturated rings. The van der Waals surface area contributed by atoms with Gasteiger partial charge in [0.25, 0.3) is 5.91 Å². The molecule has 4 N–H and O–H groups in total. The van der Waals surface area contributed by atoms with Crippen LogP contribution in [0, 0.1) is 0 Å². The molecule has 1 aliphatic rings. The largest absolute Gasteiger partial charge is 0.390 e. The van der Waals surface area contributed by atoms with E-state index in [4.69, 9.17) is 23.2 Å². The van der Waals surface area contributed by atoms with Crippen molar-refractivity contribution in [3.05, 3.63) is 93.5 Å². The second-order valence-electron chi connectivity index (χ2n) is 10.4. The first-order valence-corrected chi connectivity index (χ1v) is 16.6. The number of carbonyl (C=O) groups excluding carboxylic acids is 1. The van der Waals surface area contributed by atoms with Gasteiger partial charge in [-0.05, 0) is 80.6 Å². The van der Waals surface area contributed by atoms with Crippen molar-refractivity contribution in [1.82, 2.24) is 10.6 Å². The van der Waals surface area contributed by atoms with E-state index < -0.39 is 28.1 Å². The highest BCUT2D eigenvalue weighted by molar-refractivity contribution is 7.92. The number of amides is 1. The minimum atomic E-state index is -3.46. The maximum absolute atomic E-state index is 13.6. The molecular weight excluding hydrogens is 595 g/mol. The smallest absolute Gasteiger partial charge is 0.251 e. The van der Waals surface area contributed by atoms with Gasteiger partial charge in [-0.1, -0.05) is 59.6 Å². The lowest BCUT2D eigenvalue weighted by Crippen LogP contribution is -2.49. The Morgan fingerprint density at radius 1 is 1.05 bits per heavy atom. The van der Waals surface area contributed by atoms with Crippen molar-refractivity contribution in [2.24, 2.45) is 0 Å². The average molecular weight is 634 g/mol. The van der Waals surface area contributed by atoms with Crippen LogP contribution in [-0.2, 0) is 22.9 Å². The Hall–Kier alpha value is -2.82. The number of hydrogen-bond acceptors (Lipinski definition) is 6. The summed E-state index contributed by atoms with van der Waals surface area (Å²) in [4.78, 5) is 13.6. The number of benzene rings is 3. The summed E-state index contributed by atoms with van der Waals surface area (Å²) in [6.07, 6.45) is 1.55. The molecule has 1 saturated heterocycles. The number of hydrogen-bond donors (Lipinski definition) is 4. The highest BCUT2D eigenvalue weighted by Crippen LogP contribution is 2.28. The van der Waals surface area contributed by atoms with Gasteiger partial charge in [0.1, 0.15) is 0 Å². The van der Waals surface area contributed by atoms with E-state index in [1.807, 2.05) is 43.3 Å². The van der Waals surface area contributed by atoms with Gasteiger partial charge in [0, 0.05) is 40.9 Å². The molecule has 0 saturated carbocycles. The van der Waals surface area contributed by atoms with Crippen LogP contribution in [0.3, 0.4) is 0 Å². The highest BCUT2D eigenvalue weighted by Gasteiger charge is 2.28. The van der Waals surface area contributed by atoms with Gasteiger partial charge in [-0.2, -0.15) is 0 Å². The van der Waals surface area contributed by atoms with Crippen molar-refractivity contribution in [3.8, 4) is 0 Å². The van der Waals surface area contributed by atoms with Gasteiger partial charge in [0.05, 0.1) is 23.6 Å². The van der Waals surface area contributed by atoms with Crippen molar-refractivity contribution in [3.63, 3.8) is 0 Å². The molecule has 0 aliphatic carbocycles. The third kappa shape index (κ3) is 8.84. The molecule has 0 radical (unpaired) electrons. The number of nitrogens with one attached hydrogen (secondary N) is 3. The van der Waals surface area contributed by atoms with Crippen LogP contribution >= 0.6 is 23.2 Å². The normalized spacial score (nSPS) is 16.0. The van der Waals surface area contributed by atoms with E-state index in [9.17, 15) is 18.3 Å². The molecule has 1 aliphatic heterocycles. The highest BCUT2D eigenvalue weighted by atomic mass is 35.5. The molecule has 0 spiro atoms. The molecule has 11 heteroatoms. The summed E-state index contributed by atoms with van der Waals surface area (Å²) >= 11 is 12.3. The summed E-state index contributed by atoms with van der Waals surface area (Å²) in [5.74, 6) is -0.305. The quantitative estimate of drug-likeness (QED) is 0.200. The summed E-state index contributed by atoms with van der Waals surface area (Å²) in [6, 6.07) is 19.5. The van der Waals surface area contributed by atoms with Gasteiger partial charge >= 0.3 is 0 Å². The maximum atomic E-state index is 13.6. The second kappa shape index (κ2) is 15.1. The topological polar surface area (TPSA) is 111 Å². The van der Waals surface area contributed by atoms with E-state index >= 15 is 0 Å². The number of nitrogens with zero attached hydrogens (tertiary/aromatic N) is 1. The van der Waals surface area contributed by atoms with Gasteiger partial charge in [0.15, 0.2) is 0 Å². The monoisotopic (exact) mass is 632 g/mol. The first-order chi connectivity index (χ1) is 20.2. The zero-order chi connectivity index (χ0) is 30.1.